The smallest absolute Gasteiger partial charge is 0.412 e. The summed E-state index contributed by atoms with van der Waals surface area (Å²) in [6.45, 7) is 0.386. The van der Waals surface area contributed by atoms with Gasteiger partial charge >= 0.3 is 12.1 Å². The van der Waals surface area contributed by atoms with Gasteiger partial charge in [-0.25, -0.2) is 4.79 Å². The zero-order valence-electron chi connectivity index (χ0n) is 15.3. The van der Waals surface area contributed by atoms with E-state index in [2.05, 4.69) is 5.32 Å². The highest BCUT2D eigenvalue weighted by Crippen LogP contribution is 2.18. The number of hydrogen-bond acceptors (Lipinski definition) is 4. The maximum Gasteiger partial charge on any atom is 0.412 e. The quantitative estimate of drug-likeness (QED) is 0.487. The predicted molar refractivity (Wildman–Crippen MR) is 106 cm³/mol. The Balaban J connectivity index is 1.42. The van der Waals surface area contributed by atoms with Crippen LogP contribution in [0.5, 0.6) is 11.5 Å². The zero-order chi connectivity index (χ0) is 19.6. The standard InChI is InChI=1S/C23H21NO4/c25-22(16-11-18-7-3-1-4-8-18)27-20-12-14-21(15-13-20)28-23(26)24-17-19-9-5-2-6-10-19/h1-10,12-15H,11,16-17H2,(H,24,26). The summed E-state index contributed by atoms with van der Waals surface area (Å²) in [7, 11) is 0. The van der Waals surface area contributed by atoms with E-state index in [4.69, 9.17) is 9.47 Å². The number of benzene rings is 3. The van der Waals surface area contributed by atoms with Crippen molar-refractivity contribution in [1.29, 1.82) is 0 Å². The summed E-state index contributed by atoms with van der Waals surface area (Å²) in [6, 6.07) is 25.7. The normalized spacial score (nSPS) is 10.1. The van der Waals surface area contributed by atoms with Gasteiger partial charge in [-0.1, -0.05) is 60.7 Å². The van der Waals surface area contributed by atoms with Crippen LogP contribution in [0.4, 0.5) is 4.79 Å². The Kier molecular flexibility index (Phi) is 6.79. The third-order valence-electron chi connectivity index (χ3n) is 4.01. The van der Waals surface area contributed by atoms with Crippen molar-refractivity contribution in [3.05, 3.63) is 96.1 Å². The molecular weight excluding hydrogens is 354 g/mol. The fourth-order valence-electron chi connectivity index (χ4n) is 2.56. The molecule has 0 aromatic heterocycles. The topological polar surface area (TPSA) is 64.6 Å². The van der Waals surface area contributed by atoms with Crippen LogP contribution in [-0.4, -0.2) is 12.1 Å². The van der Waals surface area contributed by atoms with E-state index in [1.165, 1.54) is 0 Å². The largest absolute Gasteiger partial charge is 0.427 e. The molecule has 1 N–H and O–H groups in total. The number of carbonyl (C=O) groups excluding carboxylic acids is 2. The predicted octanol–water partition coefficient (Wildman–Crippen LogP) is 4.51. The monoisotopic (exact) mass is 375 g/mol. The Labute approximate surface area is 163 Å². The van der Waals surface area contributed by atoms with Gasteiger partial charge in [0.1, 0.15) is 11.5 Å². The van der Waals surface area contributed by atoms with Crippen molar-refractivity contribution in [1.82, 2.24) is 5.32 Å². The molecule has 3 rings (SSSR count). The number of esters is 1. The summed E-state index contributed by atoms with van der Waals surface area (Å²) in [5.74, 6) is 0.475. The molecule has 0 aliphatic rings. The summed E-state index contributed by atoms with van der Waals surface area (Å²) < 4.78 is 10.5. The highest BCUT2D eigenvalue weighted by molar-refractivity contribution is 5.73. The van der Waals surface area contributed by atoms with Crippen LogP contribution in [-0.2, 0) is 17.8 Å². The molecule has 0 bridgehead atoms. The van der Waals surface area contributed by atoms with E-state index < -0.39 is 6.09 Å². The van der Waals surface area contributed by atoms with Gasteiger partial charge in [0.15, 0.2) is 0 Å². The number of carbonyl (C=O) groups is 2. The molecule has 28 heavy (non-hydrogen) atoms. The first-order valence-electron chi connectivity index (χ1n) is 9.03. The molecule has 5 heteroatoms. The van der Waals surface area contributed by atoms with Crippen LogP contribution in [0.25, 0.3) is 0 Å². The molecule has 0 heterocycles. The average molecular weight is 375 g/mol. The van der Waals surface area contributed by atoms with Crippen LogP contribution in [0, 0.1) is 0 Å². The number of hydrogen-bond donors (Lipinski definition) is 1. The SMILES string of the molecule is O=C(CCc1ccccc1)Oc1ccc(OC(=O)NCc2ccccc2)cc1. The lowest BCUT2D eigenvalue weighted by molar-refractivity contribution is -0.134. The lowest BCUT2D eigenvalue weighted by atomic mass is 10.1. The lowest BCUT2D eigenvalue weighted by Gasteiger charge is -2.08. The minimum atomic E-state index is -0.545. The molecule has 0 atom stereocenters. The van der Waals surface area contributed by atoms with Gasteiger partial charge in [0.2, 0.25) is 0 Å². The molecule has 0 aliphatic carbocycles. The van der Waals surface area contributed by atoms with Gasteiger partial charge in [-0.05, 0) is 41.8 Å². The number of aryl methyl sites for hydroxylation is 1. The van der Waals surface area contributed by atoms with Crippen molar-refractivity contribution in [3.63, 3.8) is 0 Å². The molecule has 0 aliphatic heterocycles. The summed E-state index contributed by atoms with van der Waals surface area (Å²) in [5.41, 5.74) is 2.07. The van der Waals surface area contributed by atoms with Crippen molar-refractivity contribution in [2.75, 3.05) is 0 Å². The van der Waals surface area contributed by atoms with Gasteiger partial charge in [-0.3, -0.25) is 4.79 Å². The van der Waals surface area contributed by atoms with Crippen LogP contribution in [0.2, 0.25) is 0 Å². The van der Waals surface area contributed by atoms with E-state index in [9.17, 15) is 9.59 Å². The second kappa shape index (κ2) is 9.92. The van der Waals surface area contributed by atoms with Gasteiger partial charge in [-0.15, -0.1) is 0 Å². The molecule has 0 saturated carbocycles. The molecule has 3 aromatic rings. The second-order valence-corrected chi connectivity index (χ2v) is 6.16. The Morgan fingerprint density at radius 3 is 1.82 bits per heavy atom. The number of amides is 1. The molecule has 3 aromatic carbocycles. The van der Waals surface area contributed by atoms with E-state index >= 15 is 0 Å². The van der Waals surface area contributed by atoms with Crippen molar-refractivity contribution in [2.45, 2.75) is 19.4 Å². The Bertz CT molecular complexity index is 816. The van der Waals surface area contributed by atoms with Crippen LogP contribution < -0.4 is 14.8 Å². The van der Waals surface area contributed by atoms with E-state index in [0.29, 0.717) is 30.9 Å². The third kappa shape index (κ3) is 6.29. The van der Waals surface area contributed by atoms with Crippen molar-refractivity contribution < 1.29 is 19.1 Å². The molecule has 5 nitrogen and oxygen atoms in total. The Morgan fingerprint density at radius 2 is 1.21 bits per heavy atom. The molecule has 0 unspecified atom stereocenters. The second-order valence-electron chi connectivity index (χ2n) is 6.16. The number of ether oxygens (including phenoxy) is 2. The summed E-state index contributed by atoms with van der Waals surface area (Å²) in [5, 5.41) is 2.68. The summed E-state index contributed by atoms with van der Waals surface area (Å²) in [4.78, 5) is 23.8. The molecule has 142 valence electrons. The van der Waals surface area contributed by atoms with Gasteiger partial charge < -0.3 is 14.8 Å². The van der Waals surface area contributed by atoms with Gasteiger partial charge in [0.25, 0.3) is 0 Å². The molecule has 0 spiro atoms. The number of nitrogens with one attached hydrogen (secondary N) is 1. The van der Waals surface area contributed by atoms with Gasteiger partial charge in [-0.2, -0.15) is 0 Å². The molecule has 0 radical (unpaired) electrons. The lowest BCUT2D eigenvalue weighted by Crippen LogP contribution is -2.26. The maximum atomic E-state index is 12.0. The third-order valence-corrected chi connectivity index (χ3v) is 4.01. The van der Waals surface area contributed by atoms with Crippen molar-refractivity contribution >= 4 is 12.1 Å². The van der Waals surface area contributed by atoms with E-state index in [0.717, 1.165) is 11.1 Å². The molecule has 0 saturated heterocycles. The minimum Gasteiger partial charge on any atom is -0.427 e. The first-order valence-corrected chi connectivity index (χ1v) is 9.03. The van der Waals surface area contributed by atoms with Crippen LogP contribution in [0.3, 0.4) is 0 Å². The average Bonchev–Trinajstić information content (AvgIpc) is 2.74. The summed E-state index contributed by atoms with van der Waals surface area (Å²) in [6.07, 6.45) is 0.378. The van der Waals surface area contributed by atoms with Crippen molar-refractivity contribution in [2.24, 2.45) is 0 Å². The molecular formula is C23H21NO4. The number of rotatable bonds is 7. The van der Waals surface area contributed by atoms with E-state index in [-0.39, 0.29) is 5.97 Å². The van der Waals surface area contributed by atoms with Crippen LogP contribution in [0.15, 0.2) is 84.9 Å². The first-order chi connectivity index (χ1) is 13.7. The molecule has 1 amide bonds. The summed E-state index contributed by atoms with van der Waals surface area (Å²) >= 11 is 0. The van der Waals surface area contributed by atoms with Crippen LogP contribution in [0.1, 0.15) is 17.5 Å². The highest BCUT2D eigenvalue weighted by atomic mass is 16.6. The molecule has 0 fully saturated rings. The zero-order valence-corrected chi connectivity index (χ0v) is 15.3. The Hall–Kier alpha value is -3.60. The fourth-order valence-corrected chi connectivity index (χ4v) is 2.56. The van der Waals surface area contributed by atoms with Gasteiger partial charge in [0, 0.05) is 13.0 Å². The van der Waals surface area contributed by atoms with E-state index in [1.807, 2.05) is 60.7 Å². The fraction of sp³-hybridized carbons (Fsp3) is 0.130. The van der Waals surface area contributed by atoms with E-state index in [1.54, 1.807) is 24.3 Å². The van der Waals surface area contributed by atoms with Crippen LogP contribution >= 0.6 is 0 Å². The highest BCUT2D eigenvalue weighted by Gasteiger charge is 2.08. The maximum absolute atomic E-state index is 12.0. The minimum absolute atomic E-state index is 0.296. The van der Waals surface area contributed by atoms with Gasteiger partial charge in [0.05, 0.1) is 0 Å². The first kappa shape index (κ1) is 19.2. The Morgan fingerprint density at radius 1 is 0.679 bits per heavy atom. The van der Waals surface area contributed by atoms with Crippen molar-refractivity contribution in [3.8, 4) is 11.5 Å².